The second-order valence-electron chi connectivity index (χ2n) is 3.78. The molecule has 0 amide bonds. The number of aryl methyl sites for hydroxylation is 1. The maximum absolute atomic E-state index is 11.8. The molecule has 0 aliphatic carbocycles. The summed E-state index contributed by atoms with van der Waals surface area (Å²) in [5.74, 6) is 0. The number of nitro groups is 1. The van der Waals surface area contributed by atoms with Gasteiger partial charge >= 0.3 is 0 Å². The molecule has 1 aromatic carbocycles. The van der Waals surface area contributed by atoms with Crippen LogP contribution in [0.4, 0.5) is 5.69 Å². The summed E-state index contributed by atoms with van der Waals surface area (Å²) in [5.41, 5.74) is 1.87. The van der Waals surface area contributed by atoms with Crippen molar-refractivity contribution in [3.05, 3.63) is 56.0 Å². The van der Waals surface area contributed by atoms with Crippen molar-refractivity contribution in [2.45, 2.75) is 13.8 Å². The first-order valence-corrected chi connectivity index (χ1v) is 5.04. The van der Waals surface area contributed by atoms with Crippen LogP contribution < -0.4 is 5.56 Å². The fraction of sp³-hybridized carbons (Fsp3) is 0.182. The highest BCUT2D eigenvalue weighted by atomic mass is 16.6. The van der Waals surface area contributed by atoms with Crippen molar-refractivity contribution in [2.75, 3.05) is 0 Å². The maximum Gasteiger partial charge on any atom is 0.274 e. The highest BCUT2D eigenvalue weighted by molar-refractivity contribution is 5.40. The van der Waals surface area contributed by atoms with Crippen LogP contribution in [-0.2, 0) is 0 Å². The van der Waals surface area contributed by atoms with Gasteiger partial charge in [-0.2, -0.15) is 0 Å². The third-order valence-electron chi connectivity index (χ3n) is 2.68. The first kappa shape index (κ1) is 11.1. The lowest BCUT2D eigenvalue weighted by Crippen LogP contribution is -2.15. The Morgan fingerprint density at radius 3 is 2.24 bits per heavy atom. The smallest absolute Gasteiger partial charge is 0.274 e. The lowest BCUT2D eigenvalue weighted by Gasteiger charge is -2.00. The molecule has 0 atom stereocenters. The van der Waals surface area contributed by atoms with Gasteiger partial charge in [0.15, 0.2) is 0 Å². The van der Waals surface area contributed by atoms with Crippen LogP contribution >= 0.6 is 0 Å². The molecule has 1 aromatic heterocycles. The van der Waals surface area contributed by atoms with Crippen molar-refractivity contribution < 1.29 is 4.92 Å². The molecular formula is C11H11N3O3. The zero-order valence-corrected chi connectivity index (χ0v) is 9.43. The SMILES string of the molecule is Cc1[nH]n(-c2ccc([N+](=O)[O-])cc2)c(=O)c1C. The van der Waals surface area contributed by atoms with Crippen LogP contribution in [0.25, 0.3) is 5.69 Å². The molecule has 1 heterocycles. The Kier molecular flexibility index (Phi) is 2.55. The zero-order chi connectivity index (χ0) is 12.6. The van der Waals surface area contributed by atoms with Gasteiger partial charge in [0.2, 0.25) is 0 Å². The lowest BCUT2D eigenvalue weighted by atomic mass is 10.3. The minimum Gasteiger partial charge on any atom is -0.295 e. The van der Waals surface area contributed by atoms with E-state index in [0.717, 1.165) is 5.69 Å². The van der Waals surface area contributed by atoms with E-state index >= 15 is 0 Å². The van der Waals surface area contributed by atoms with Gasteiger partial charge in [-0.15, -0.1) is 0 Å². The number of hydrogen-bond acceptors (Lipinski definition) is 3. The highest BCUT2D eigenvalue weighted by Gasteiger charge is 2.09. The highest BCUT2D eigenvalue weighted by Crippen LogP contribution is 2.14. The molecular weight excluding hydrogens is 222 g/mol. The van der Waals surface area contributed by atoms with Crippen molar-refractivity contribution in [3.63, 3.8) is 0 Å². The van der Waals surface area contributed by atoms with E-state index in [-0.39, 0.29) is 11.2 Å². The van der Waals surface area contributed by atoms with Crippen LogP contribution in [0.5, 0.6) is 0 Å². The number of rotatable bonds is 2. The molecule has 2 rings (SSSR count). The molecule has 88 valence electrons. The molecule has 0 aliphatic heterocycles. The van der Waals surface area contributed by atoms with Gasteiger partial charge in [0, 0.05) is 23.4 Å². The number of aromatic nitrogens is 2. The van der Waals surface area contributed by atoms with Crippen LogP contribution in [-0.4, -0.2) is 14.7 Å². The topological polar surface area (TPSA) is 80.9 Å². The van der Waals surface area contributed by atoms with E-state index in [1.807, 2.05) is 0 Å². The van der Waals surface area contributed by atoms with Gasteiger partial charge < -0.3 is 0 Å². The van der Waals surface area contributed by atoms with E-state index in [0.29, 0.717) is 11.3 Å². The summed E-state index contributed by atoms with van der Waals surface area (Å²) in [6, 6.07) is 5.81. The van der Waals surface area contributed by atoms with E-state index in [1.165, 1.54) is 28.9 Å². The van der Waals surface area contributed by atoms with Gasteiger partial charge in [-0.3, -0.25) is 20.0 Å². The molecule has 0 saturated carbocycles. The normalized spacial score (nSPS) is 10.5. The summed E-state index contributed by atoms with van der Waals surface area (Å²) >= 11 is 0. The molecule has 0 bridgehead atoms. The minimum absolute atomic E-state index is 0.00167. The Bertz CT molecular complexity index is 622. The number of nitro benzene ring substituents is 1. The van der Waals surface area contributed by atoms with E-state index < -0.39 is 4.92 Å². The van der Waals surface area contributed by atoms with Gasteiger partial charge in [0.1, 0.15) is 0 Å². The van der Waals surface area contributed by atoms with E-state index in [1.54, 1.807) is 13.8 Å². The Labute approximate surface area is 96.6 Å². The van der Waals surface area contributed by atoms with Crippen LogP contribution in [0.15, 0.2) is 29.1 Å². The van der Waals surface area contributed by atoms with E-state index in [4.69, 9.17) is 0 Å². The Morgan fingerprint density at radius 1 is 1.24 bits per heavy atom. The Balaban J connectivity index is 2.50. The average Bonchev–Trinajstić information content (AvgIpc) is 2.57. The predicted octanol–water partition coefficient (Wildman–Crippen LogP) is 1.69. The second-order valence-corrected chi connectivity index (χ2v) is 3.78. The third kappa shape index (κ3) is 1.84. The molecule has 2 aromatic rings. The quantitative estimate of drug-likeness (QED) is 0.633. The van der Waals surface area contributed by atoms with E-state index in [9.17, 15) is 14.9 Å². The van der Waals surface area contributed by atoms with Crippen molar-refractivity contribution in [1.82, 2.24) is 9.78 Å². The lowest BCUT2D eigenvalue weighted by molar-refractivity contribution is -0.384. The summed E-state index contributed by atoms with van der Waals surface area (Å²) in [4.78, 5) is 21.8. The molecule has 6 nitrogen and oxygen atoms in total. The second kappa shape index (κ2) is 3.89. The summed E-state index contributed by atoms with van der Waals surface area (Å²) in [7, 11) is 0. The minimum atomic E-state index is -0.474. The largest absolute Gasteiger partial charge is 0.295 e. The molecule has 0 saturated heterocycles. The number of nitrogens with one attached hydrogen (secondary N) is 1. The number of non-ortho nitro benzene ring substituents is 1. The molecule has 0 fully saturated rings. The van der Waals surface area contributed by atoms with Crippen molar-refractivity contribution in [3.8, 4) is 5.69 Å². The number of aromatic amines is 1. The maximum atomic E-state index is 11.8. The summed E-state index contributed by atoms with van der Waals surface area (Å²) in [6.07, 6.45) is 0. The predicted molar refractivity (Wildman–Crippen MR) is 62.5 cm³/mol. The molecule has 0 unspecified atom stereocenters. The summed E-state index contributed by atoms with van der Waals surface area (Å²) in [5, 5.41) is 13.4. The molecule has 1 N–H and O–H groups in total. The van der Waals surface area contributed by atoms with Crippen molar-refractivity contribution >= 4 is 5.69 Å². The van der Waals surface area contributed by atoms with Crippen molar-refractivity contribution in [1.29, 1.82) is 0 Å². The van der Waals surface area contributed by atoms with Crippen LogP contribution in [0.3, 0.4) is 0 Å². The monoisotopic (exact) mass is 233 g/mol. The standard InChI is InChI=1S/C11H11N3O3/c1-7-8(2)12-13(11(7)15)9-3-5-10(6-4-9)14(16)17/h3-6,12H,1-2H3. The van der Waals surface area contributed by atoms with Crippen LogP contribution in [0.2, 0.25) is 0 Å². The zero-order valence-electron chi connectivity index (χ0n) is 9.43. The van der Waals surface area contributed by atoms with E-state index in [2.05, 4.69) is 5.10 Å². The van der Waals surface area contributed by atoms with Gasteiger partial charge in [-0.25, -0.2) is 4.68 Å². The van der Waals surface area contributed by atoms with Crippen LogP contribution in [0.1, 0.15) is 11.3 Å². The fourth-order valence-corrected chi connectivity index (χ4v) is 1.54. The molecule has 6 heteroatoms. The molecule has 0 aliphatic rings. The van der Waals surface area contributed by atoms with Gasteiger partial charge in [0.25, 0.3) is 11.2 Å². The Hall–Kier alpha value is -2.37. The average molecular weight is 233 g/mol. The van der Waals surface area contributed by atoms with Crippen LogP contribution in [0, 0.1) is 24.0 Å². The molecule has 0 spiro atoms. The Morgan fingerprint density at radius 2 is 1.82 bits per heavy atom. The number of hydrogen-bond donors (Lipinski definition) is 1. The summed E-state index contributed by atoms with van der Waals surface area (Å²) < 4.78 is 1.37. The van der Waals surface area contributed by atoms with Crippen molar-refractivity contribution in [2.24, 2.45) is 0 Å². The van der Waals surface area contributed by atoms with Gasteiger partial charge in [-0.1, -0.05) is 0 Å². The van der Waals surface area contributed by atoms with Gasteiger partial charge in [-0.05, 0) is 26.0 Å². The van der Waals surface area contributed by atoms with Gasteiger partial charge in [0.05, 0.1) is 10.6 Å². The summed E-state index contributed by atoms with van der Waals surface area (Å²) in [6.45, 7) is 3.54. The first-order valence-electron chi connectivity index (χ1n) is 5.04. The molecule has 17 heavy (non-hydrogen) atoms. The fourth-order valence-electron chi connectivity index (χ4n) is 1.54. The number of benzene rings is 1. The third-order valence-corrected chi connectivity index (χ3v) is 2.68. The number of nitrogens with zero attached hydrogens (tertiary/aromatic N) is 2. The molecule has 0 radical (unpaired) electrons. The first-order chi connectivity index (χ1) is 8.00. The number of H-pyrrole nitrogens is 1.